The summed E-state index contributed by atoms with van der Waals surface area (Å²) in [7, 11) is 0. The molecule has 0 aromatic carbocycles. The second-order valence-corrected chi connectivity index (χ2v) is 5.85. The molecule has 0 rings (SSSR count). The van der Waals surface area contributed by atoms with Gasteiger partial charge in [0.05, 0.1) is 0 Å². The summed E-state index contributed by atoms with van der Waals surface area (Å²) in [6, 6.07) is 0. The normalized spacial score (nSPS) is 12.9. The van der Waals surface area contributed by atoms with Crippen molar-refractivity contribution in [3.63, 3.8) is 0 Å². The molecule has 1 atom stereocenters. The summed E-state index contributed by atoms with van der Waals surface area (Å²) in [5.41, 5.74) is 5.39. The third kappa shape index (κ3) is 12.3. The van der Waals surface area contributed by atoms with E-state index in [1.54, 1.807) is 0 Å². The number of unbranched alkanes of at least 4 members (excludes halogenated alkanes) is 7. The molecule has 0 spiro atoms. The Labute approximate surface area is 126 Å². The van der Waals surface area contributed by atoms with E-state index in [0.29, 0.717) is 0 Å². The Morgan fingerprint density at radius 3 is 2.05 bits per heavy atom. The van der Waals surface area contributed by atoms with Gasteiger partial charge in [-0.1, -0.05) is 70.9 Å². The Morgan fingerprint density at radius 2 is 1.45 bits per heavy atom. The Kier molecular flexibility index (Phi) is 14.0. The number of nitrogens with two attached hydrogens (primary N) is 1. The molecule has 0 fully saturated rings. The minimum atomic E-state index is -0.132. The van der Waals surface area contributed by atoms with Crippen LogP contribution in [0.3, 0.4) is 0 Å². The van der Waals surface area contributed by atoms with Crippen molar-refractivity contribution in [2.75, 3.05) is 0 Å². The smallest absolute Gasteiger partial charge is 0.220 e. The maximum atomic E-state index is 11.2. The fourth-order valence-corrected chi connectivity index (χ4v) is 2.53. The predicted molar refractivity (Wildman–Crippen MR) is 88.6 cm³/mol. The minimum Gasteiger partial charge on any atom is -0.369 e. The van der Waals surface area contributed by atoms with Gasteiger partial charge < -0.3 is 5.73 Å². The first-order valence-corrected chi connectivity index (χ1v) is 8.66. The average Bonchev–Trinajstić information content (AvgIpc) is 2.43. The molecule has 2 heteroatoms. The van der Waals surface area contributed by atoms with E-state index in [9.17, 15) is 4.79 Å². The van der Waals surface area contributed by atoms with Crippen molar-refractivity contribution in [3.05, 3.63) is 12.2 Å². The van der Waals surface area contributed by atoms with Crippen molar-refractivity contribution < 1.29 is 4.79 Å². The fourth-order valence-electron chi connectivity index (χ4n) is 2.53. The van der Waals surface area contributed by atoms with Crippen LogP contribution in [0.25, 0.3) is 0 Å². The van der Waals surface area contributed by atoms with Crippen LogP contribution < -0.4 is 5.73 Å². The first-order valence-electron chi connectivity index (χ1n) is 8.66. The summed E-state index contributed by atoms with van der Waals surface area (Å²) in [4.78, 5) is 11.2. The zero-order valence-corrected chi connectivity index (χ0v) is 13.7. The maximum Gasteiger partial charge on any atom is 0.220 e. The minimum absolute atomic E-state index is 0.0724. The summed E-state index contributed by atoms with van der Waals surface area (Å²) in [5, 5.41) is 0. The van der Waals surface area contributed by atoms with Crippen LogP contribution in [-0.2, 0) is 4.79 Å². The molecular weight excluding hydrogens is 246 g/mol. The summed E-state index contributed by atoms with van der Waals surface area (Å²) in [6.45, 7) is 4.36. The third-order valence-electron chi connectivity index (χ3n) is 3.86. The molecule has 20 heavy (non-hydrogen) atoms. The molecule has 0 aliphatic heterocycles. The number of hydrogen-bond acceptors (Lipinski definition) is 1. The Morgan fingerprint density at radius 1 is 0.850 bits per heavy atom. The quantitative estimate of drug-likeness (QED) is 0.338. The highest BCUT2D eigenvalue weighted by Crippen LogP contribution is 2.14. The van der Waals surface area contributed by atoms with Gasteiger partial charge in [0, 0.05) is 5.92 Å². The largest absolute Gasteiger partial charge is 0.369 e. The van der Waals surface area contributed by atoms with E-state index in [1.165, 1.54) is 51.4 Å². The molecule has 0 heterocycles. The van der Waals surface area contributed by atoms with Crippen LogP contribution in [0.5, 0.6) is 0 Å². The highest BCUT2D eigenvalue weighted by molar-refractivity contribution is 5.76. The Balaban J connectivity index is 3.41. The standard InChI is InChI=1S/C18H35NO/c1-3-5-6-7-8-9-10-11-12-13-14-16-17(15-4-2)18(19)20/h12-13,17H,3-11,14-16H2,1-2H3,(H2,19,20). The van der Waals surface area contributed by atoms with Crippen LogP contribution in [0.2, 0.25) is 0 Å². The van der Waals surface area contributed by atoms with Gasteiger partial charge >= 0.3 is 0 Å². The summed E-state index contributed by atoms with van der Waals surface area (Å²) < 4.78 is 0. The topological polar surface area (TPSA) is 43.1 Å². The van der Waals surface area contributed by atoms with Crippen LogP contribution in [0.15, 0.2) is 12.2 Å². The van der Waals surface area contributed by atoms with Crippen molar-refractivity contribution in [2.24, 2.45) is 11.7 Å². The molecule has 0 aliphatic rings. The number of hydrogen-bond donors (Lipinski definition) is 1. The van der Waals surface area contributed by atoms with E-state index in [4.69, 9.17) is 5.73 Å². The van der Waals surface area contributed by atoms with Gasteiger partial charge in [-0.2, -0.15) is 0 Å². The van der Waals surface area contributed by atoms with Crippen molar-refractivity contribution in [1.82, 2.24) is 0 Å². The van der Waals surface area contributed by atoms with Gasteiger partial charge in [0.1, 0.15) is 0 Å². The Bertz CT molecular complexity index is 248. The number of rotatable bonds is 14. The van der Waals surface area contributed by atoms with Crippen molar-refractivity contribution in [1.29, 1.82) is 0 Å². The third-order valence-corrected chi connectivity index (χ3v) is 3.86. The van der Waals surface area contributed by atoms with Crippen molar-refractivity contribution >= 4 is 5.91 Å². The van der Waals surface area contributed by atoms with Gasteiger partial charge in [0.15, 0.2) is 0 Å². The van der Waals surface area contributed by atoms with E-state index >= 15 is 0 Å². The van der Waals surface area contributed by atoms with Gasteiger partial charge in [0.25, 0.3) is 0 Å². The molecule has 0 saturated carbocycles. The number of carbonyl (C=O) groups excluding carboxylic acids is 1. The zero-order chi connectivity index (χ0) is 15.1. The van der Waals surface area contributed by atoms with E-state index in [1.807, 2.05) is 0 Å². The summed E-state index contributed by atoms with van der Waals surface area (Å²) in [6.07, 6.45) is 19.1. The van der Waals surface area contributed by atoms with Crippen LogP contribution in [0.4, 0.5) is 0 Å². The van der Waals surface area contributed by atoms with Crippen molar-refractivity contribution in [3.8, 4) is 0 Å². The monoisotopic (exact) mass is 281 g/mol. The molecular formula is C18H35NO. The second-order valence-electron chi connectivity index (χ2n) is 5.85. The first kappa shape index (κ1) is 19.2. The molecule has 0 aliphatic carbocycles. The summed E-state index contributed by atoms with van der Waals surface area (Å²) >= 11 is 0. The highest BCUT2D eigenvalue weighted by Gasteiger charge is 2.12. The van der Waals surface area contributed by atoms with E-state index in [-0.39, 0.29) is 11.8 Å². The fraction of sp³-hybridized carbons (Fsp3) is 0.833. The van der Waals surface area contributed by atoms with Gasteiger partial charge in [-0.05, 0) is 32.1 Å². The Hall–Kier alpha value is -0.790. The molecule has 118 valence electrons. The number of primary amides is 1. The van der Waals surface area contributed by atoms with Crippen LogP contribution in [-0.4, -0.2) is 5.91 Å². The van der Waals surface area contributed by atoms with Gasteiger partial charge in [0.2, 0.25) is 5.91 Å². The molecule has 1 unspecified atom stereocenters. The van der Waals surface area contributed by atoms with E-state index in [2.05, 4.69) is 26.0 Å². The second kappa shape index (κ2) is 14.6. The van der Waals surface area contributed by atoms with E-state index < -0.39 is 0 Å². The number of carbonyl (C=O) groups is 1. The molecule has 0 saturated heterocycles. The highest BCUT2D eigenvalue weighted by atomic mass is 16.1. The van der Waals surface area contributed by atoms with Crippen LogP contribution in [0.1, 0.15) is 90.9 Å². The van der Waals surface area contributed by atoms with Crippen LogP contribution in [0, 0.1) is 5.92 Å². The number of amides is 1. The molecule has 2 N–H and O–H groups in total. The molecule has 0 radical (unpaired) electrons. The lowest BCUT2D eigenvalue weighted by Crippen LogP contribution is -2.22. The summed E-state index contributed by atoms with van der Waals surface area (Å²) in [5.74, 6) is -0.0597. The molecule has 0 aromatic heterocycles. The van der Waals surface area contributed by atoms with Crippen LogP contribution >= 0.6 is 0 Å². The lowest BCUT2D eigenvalue weighted by Gasteiger charge is -2.09. The van der Waals surface area contributed by atoms with E-state index in [0.717, 1.165) is 25.7 Å². The predicted octanol–water partition coefficient (Wildman–Crippen LogP) is 5.37. The molecule has 0 aromatic rings. The van der Waals surface area contributed by atoms with Gasteiger partial charge in [-0.3, -0.25) is 4.79 Å². The molecule has 1 amide bonds. The molecule has 2 nitrogen and oxygen atoms in total. The van der Waals surface area contributed by atoms with Gasteiger partial charge in [-0.25, -0.2) is 0 Å². The first-order chi connectivity index (χ1) is 9.72. The lowest BCUT2D eigenvalue weighted by molar-refractivity contribution is -0.122. The van der Waals surface area contributed by atoms with Gasteiger partial charge in [-0.15, -0.1) is 0 Å². The van der Waals surface area contributed by atoms with Crippen molar-refractivity contribution in [2.45, 2.75) is 90.9 Å². The maximum absolute atomic E-state index is 11.2. The zero-order valence-electron chi connectivity index (χ0n) is 13.7. The SMILES string of the molecule is CCCCCCCCCC=CCCC(CCC)C(N)=O. The number of allylic oxidation sites excluding steroid dienone is 2. The lowest BCUT2D eigenvalue weighted by atomic mass is 9.97. The average molecular weight is 281 g/mol. The molecule has 0 bridgehead atoms.